The monoisotopic (exact) mass is 268 g/mol. The van der Waals surface area contributed by atoms with Crippen molar-refractivity contribution in [3.8, 4) is 0 Å². The lowest BCUT2D eigenvalue weighted by atomic mass is 10.2. The lowest BCUT2D eigenvalue weighted by molar-refractivity contribution is 0.502. The van der Waals surface area contributed by atoms with Gasteiger partial charge in [0, 0.05) is 23.1 Å². The summed E-state index contributed by atoms with van der Waals surface area (Å²) < 4.78 is 26.3. The number of thioether (sulfide) groups is 1. The molecule has 1 heterocycles. The molecular formula is C12H10F2N2OS. The van der Waals surface area contributed by atoms with Crippen LogP contribution in [0.2, 0.25) is 0 Å². The molecule has 0 unspecified atom stereocenters. The molecule has 6 heteroatoms. The number of halogens is 2. The normalized spacial score (nSPS) is 10.6. The topological polar surface area (TPSA) is 45.8 Å². The SMILES string of the molecule is Cc1cnc(SCc2cccc(F)c2F)[nH]c1=O. The standard InChI is InChI=1S/C12H10F2N2OS/c1-7-5-15-12(16-11(7)17)18-6-8-3-2-4-9(13)10(8)14/h2-5H,6H2,1H3,(H,15,16,17). The molecule has 0 aliphatic heterocycles. The first-order chi connectivity index (χ1) is 8.58. The maximum absolute atomic E-state index is 13.4. The van der Waals surface area contributed by atoms with Crippen LogP contribution in [0.5, 0.6) is 0 Å². The molecule has 0 aliphatic rings. The van der Waals surface area contributed by atoms with Gasteiger partial charge in [-0.05, 0) is 13.0 Å². The fourth-order valence-corrected chi connectivity index (χ4v) is 2.13. The van der Waals surface area contributed by atoms with Gasteiger partial charge >= 0.3 is 0 Å². The van der Waals surface area contributed by atoms with Crippen molar-refractivity contribution in [2.45, 2.75) is 17.8 Å². The van der Waals surface area contributed by atoms with Crippen LogP contribution in [0.3, 0.4) is 0 Å². The molecule has 0 bridgehead atoms. The van der Waals surface area contributed by atoms with Crippen molar-refractivity contribution in [1.29, 1.82) is 0 Å². The Morgan fingerprint density at radius 2 is 2.17 bits per heavy atom. The van der Waals surface area contributed by atoms with Gasteiger partial charge in [-0.3, -0.25) is 4.79 Å². The first-order valence-corrected chi connectivity index (χ1v) is 6.18. The third kappa shape index (κ3) is 2.76. The summed E-state index contributed by atoms with van der Waals surface area (Å²) in [6.45, 7) is 1.65. The van der Waals surface area contributed by atoms with E-state index in [1.165, 1.54) is 18.3 Å². The molecule has 0 aliphatic carbocycles. The third-order valence-corrected chi connectivity index (χ3v) is 3.29. The summed E-state index contributed by atoms with van der Waals surface area (Å²) >= 11 is 1.15. The number of hydrogen-bond acceptors (Lipinski definition) is 3. The van der Waals surface area contributed by atoms with E-state index in [0.29, 0.717) is 10.7 Å². The van der Waals surface area contributed by atoms with Gasteiger partial charge in [-0.15, -0.1) is 0 Å². The van der Waals surface area contributed by atoms with Crippen molar-refractivity contribution >= 4 is 11.8 Å². The molecule has 2 aromatic rings. The fraction of sp³-hybridized carbons (Fsp3) is 0.167. The highest BCUT2D eigenvalue weighted by molar-refractivity contribution is 7.98. The molecular weight excluding hydrogens is 258 g/mol. The Morgan fingerprint density at radius 1 is 1.39 bits per heavy atom. The molecule has 0 amide bonds. The zero-order valence-corrected chi connectivity index (χ0v) is 10.4. The predicted octanol–water partition coefficient (Wildman–Crippen LogP) is 2.65. The van der Waals surface area contributed by atoms with Crippen LogP contribution in [-0.4, -0.2) is 9.97 Å². The van der Waals surface area contributed by atoms with Crippen LogP contribution >= 0.6 is 11.8 Å². The van der Waals surface area contributed by atoms with E-state index < -0.39 is 11.6 Å². The van der Waals surface area contributed by atoms with E-state index in [1.54, 1.807) is 6.92 Å². The summed E-state index contributed by atoms with van der Waals surface area (Å²) in [5.74, 6) is -1.53. The Hall–Kier alpha value is -1.69. The molecule has 3 nitrogen and oxygen atoms in total. The van der Waals surface area contributed by atoms with E-state index in [4.69, 9.17) is 0 Å². The van der Waals surface area contributed by atoms with Gasteiger partial charge in [-0.2, -0.15) is 0 Å². The van der Waals surface area contributed by atoms with Gasteiger partial charge in [0.05, 0.1) is 0 Å². The molecule has 1 N–H and O–H groups in total. The largest absolute Gasteiger partial charge is 0.301 e. The first kappa shape index (κ1) is 12.8. The summed E-state index contributed by atoms with van der Waals surface area (Å²) in [5, 5.41) is 0.384. The van der Waals surface area contributed by atoms with Crippen LogP contribution < -0.4 is 5.56 Å². The molecule has 1 aromatic carbocycles. The number of aromatic amines is 1. The van der Waals surface area contributed by atoms with Gasteiger partial charge in [0.1, 0.15) is 0 Å². The number of aryl methyl sites for hydroxylation is 1. The van der Waals surface area contributed by atoms with Crippen LogP contribution in [0.4, 0.5) is 8.78 Å². The second-order valence-corrected chi connectivity index (χ2v) is 4.67. The smallest absolute Gasteiger partial charge is 0.254 e. The van der Waals surface area contributed by atoms with Crippen molar-refractivity contribution in [3.63, 3.8) is 0 Å². The predicted molar refractivity (Wildman–Crippen MR) is 65.5 cm³/mol. The number of H-pyrrole nitrogens is 1. The molecule has 0 saturated carbocycles. The third-order valence-electron chi connectivity index (χ3n) is 2.35. The molecule has 0 radical (unpaired) electrons. The number of aromatic nitrogens is 2. The van der Waals surface area contributed by atoms with Crippen LogP contribution in [-0.2, 0) is 5.75 Å². The maximum Gasteiger partial charge on any atom is 0.254 e. The highest BCUT2D eigenvalue weighted by Gasteiger charge is 2.08. The number of nitrogens with one attached hydrogen (secondary N) is 1. The second kappa shape index (κ2) is 5.30. The average Bonchev–Trinajstić information content (AvgIpc) is 2.35. The highest BCUT2D eigenvalue weighted by Crippen LogP contribution is 2.21. The molecule has 94 valence electrons. The molecule has 2 rings (SSSR count). The number of benzene rings is 1. The second-order valence-electron chi connectivity index (χ2n) is 3.70. The lowest BCUT2D eigenvalue weighted by Crippen LogP contribution is -2.10. The van der Waals surface area contributed by atoms with Crippen LogP contribution in [0, 0.1) is 18.6 Å². The van der Waals surface area contributed by atoms with E-state index in [0.717, 1.165) is 17.8 Å². The Morgan fingerprint density at radius 3 is 2.89 bits per heavy atom. The van der Waals surface area contributed by atoms with Crippen LogP contribution in [0.25, 0.3) is 0 Å². The maximum atomic E-state index is 13.4. The number of hydrogen-bond donors (Lipinski definition) is 1. The Balaban J connectivity index is 2.14. The fourth-order valence-electron chi connectivity index (χ4n) is 1.32. The van der Waals surface area contributed by atoms with E-state index in [1.807, 2.05) is 0 Å². The molecule has 0 fully saturated rings. The van der Waals surface area contributed by atoms with Crippen LogP contribution in [0.15, 0.2) is 34.3 Å². The van der Waals surface area contributed by atoms with Gasteiger partial charge in [0.25, 0.3) is 5.56 Å². The van der Waals surface area contributed by atoms with E-state index in [-0.39, 0.29) is 16.9 Å². The van der Waals surface area contributed by atoms with Crippen molar-refractivity contribution in [1.82, 2.24) is 9.97 Å². The van der Waals surface area contributed by atoms with E-state index >= 15 is 0 Å². The molecule has 0 spiro atoms. The summed E-state index contributed by atoms with van der Waals surface area (Å²) in [6.07, 6.45) is 1.45. The number of nitrogens with zero attached hydrogens (tertiary/aromatic N) is 1. The van der Waals surface area contributed by atoms with Gasteiger partial charge < -0.3 is 4.98 Å². The zero-order valence-electron chi connectivity index (χ0n) is 9.54. The quantitative estimate of drug-likeness (QED) is 0.687. The average molecular weight is 268 g/mol. The Kier molecular flexibility index (Phi) is 3.76. The van der Waals surface area contributed by atoms with Crippen molar-refractivity contribution in [3.05, 3.63) is 57.5 Å². The Bertz CT molecular complexity index is 628. The summed E-state index contributed by atoms with van der Waals surface area (Å²) in [6, 6.07) is 4.01. The van der Waals surface area contributed by atoms with Gasteiger partial charge in [-0.25, -0.2) is 13.8 Å². The van der Waals surface area contributed by atoms with E-state index in [2.05, 4.69) is 9.97 Å². The summed E-state index contributed by atoms with van der Waals surface area (Å²) in [5.41, 5.74) is 0.520. The van der Waals surface area contributed by atoms with E-state index in [9.17, 15) is 13.6 Å². The van der Waals surface area contributed by atoms with Crippen molar-refractivity contribution in [2.75, 3.05) is 0 Å². The van der Waals surface area contributed by atoms with Crippen LogP contribution in [0.1, 0.15) is 11.1 Å². The molecule has 1 aromatic heterocycles. The van der Waals surface area contributed by atoms with Crippen molar-refractivity contribution in [2.24, 2.45) is 0 Å². The lowest BCUT2D eigenvalue weighted by Gasteiger charge is -2.03. The van der Waals surface area contributed by atoms with Gasteiger partial charge in [0.15, 0.2) is 16.8 Å². The van der Waals surface area contributed by atoms with Gasteiger partial charge in [-0.1, -0.05) is 23.9 Å². The zero-order chi connectivity index (χ0) is 13.1. The first-order valence-electron chi connectivity index (χ1n) is 5.19. The molecule has 0 saturated heterocycles. The Labute approximate surface area is 106 Å². The van der Waals surface area contributed by atoms with Crippen molar-refractivity contribution < 1.29 is 8.78 Å². The highest BCUT2D eigenvalue weighted by atomic mass is 32.2. The summed E-state index contributed by atoms with van der Waals surface area (Å²) in [4.78, 5) is 17.9. The minimum Gasteiger partial charge on any atom is -0.301 e. The van der Waals surface area contributed by atoms with Gasteiger partial charge in [0.2, 0.25) is 0 Å². The molecule has 0 atom stereocenters. The minimum absolute atomic E-state index is 0.204. The number of rotatable bonds is 3. The summed E-state index contributed by atoms with van der Waals surface area (Å²) in [7, 11) is 0. The minimum atomic E-state index is -0.876. The molecule has 18 heavy (non-hydrogen) atoms.